The summed E-state index contributed by atoms with van der Waals surface area (Å²) < 4.78 is 24.0. The van der Waals surface area contributed by atoms with E-state index in [4.69, 9.17) is 4.74 Å². The van der Waals surface area contributed by atoms with Crippen molar-refractivity contribution in [2.45, 2.75) is 6.04 Å². The van der Waals surface area contributed by atoms with Crippen LogP contribution < -0.4 is 5.32 Å². The van der Waals surface area contributed by atoms with Gasteiger partial charge in [0.05, 0.1) is 29.6 Å². The monoisotopic (exact) mass is 238 g/mol. The van der Waals surface area contributed by atoms with Crippen LogP contribution in [0.4, 0.5) is 4.39 Å². The van der Waals surface area contributed by atoms with Gasteiger partial charge in [0.2, 0.25) is 0 Å². The van der Waals surface area contributed by atoms with E-state index < -0.39 is 0 Å². The van der Waals surface area contributed by atoms with Gasteiger partial charge in [-0.25, -0.2) is 4.39 Å². The Bertz CT molecular complexity index is 508. The van der Waals surface area contributed by atoms with E-state index >= 15 is 0 Å². The Balaban J connectivity index is 2.05. The summed E-state index contributed by atoms with van der Waals surface area (Å²) in [5, 5.41) is 4.23. The number of aromatic nitrogens is 1. The molecule has 84 valence electrons. The zero-order valence-corrected chi connectivity index (χ0v) is 9.39. The lowest BCUT2D eigenvalue weighted by molar-refractivity contribution is 0.0763. The summed E-state index contributed by atoms with van der Waals surface area (Å²) in [6, 6.07) is 4.87. The molecule has 0 spiro atoms. The number of morpholine rings is 1. The summed E-state index contributed by atoms with van der Waals surface area (Å²) in [5.41, 5.74) is 0.902. The molecule has 2 heterocycles. The Hall–Kier alpha value is -1.04. The van der Waals surface area contributed by atoms with Crippen LogP contribution in [-0.4, -0.2) is 24.1 Å². The molecule has 1 fully saturated rings. The molecule has 16 heavy (non-hydrogen) atoms. The fourth-order valence-electron chi connectivity index (χ4n) is 1.92. The van der Waals surface area contributed by atoms with E-state index in [1.54, 1.807) is 12.1 Å². The van der Waals surface area contributed by atoms with Crippen LogP contribution >= 0.6 is 11.5 Å². The number of benzene rings is 1. The minimum absolute atomic E-state index is 0.0873. The number of hydrogen-bond donors (Lipinski definition) is 1. The van der Waals surface area contributed by atoms with Crippen molar-refractivity contribution in [3.63, 3.8) is 0 Å². The van der Waals surface area contributed by atoms with Gasteiger partial charge in [-0.2, -0.15) is 4.37 Å². The highest BCUT2D eigenvalue weighted by atomic mass is 32.1. The summed E-state index contributed by atoms with van der Waals surface area (Å²) in [4.78, 5) is 0. The average molecular weight is 238 g/mol. The molecule has 0 bridgehead atoms. The number of ether oxygens (including phenoxy) is 1. The van der Waals surface area contributed by atoms with Gasteiger partial charge in [-0.3, -0.25) is 0 Å². The maximum absolute atomic E-state index is 13.2. The molecule has 1 aliphatic rings. The molecular weight excluding hydrogens is 227 g/mol. The molecule has 1 N–H and O–H groups in total. The third-order valence-corrected chi connectivity index (χ3v) is 3.55. The topological polar surface area (TPSA) is 34.1 Å². The number of nitrogens with one attached hydrogen (secondary N) is 1. The quantitative estimate of drug-likeness (QED) is 0.826. The smallest absolute Gasteiger partial charge is 0.123 e. The number of hydrogen-bond acceptors (Lipinski definition) is 4. The van der Waals surface area contributed by atoms with Gasteiger partial charge in [0, 0.05) is 11.9 Å². The summed E-state index contributed by atoms with van der Waals surface area (Å²) >= 11 is 1.40. The van der Waals surface area contributed by atoms with E-state index in [-0.39, 0.29) is 11.9 Å². The second-order valence-corrected chi connectivity index (χ2v) is 4.59. The predicted octanol–water partition coefficient (Wildman–Crippen LogP) is 2.10. The first-order chi connectivity index (χ1) is 7.84. The second-order valence-electron chi connectivity index (χ2n) is 3.79. The van der Waals surface area contributed by atoms with Crippen LogP contribution in [0.5, 0.6) is 0 Å². The first-order valence-electron chi connectivity index (χ1n) is 5.20. The van der Waals surface area contributed by atoms with Gasteiger partial charge in [-0.15, -0.1) is 0 Å². The molecule has 0 amide bonds. The van der Waals surface area contributed by atoms with E-state index in [1.807, 2.05) is 0 Å². The van der Waals surface area contributed by atoms with Crippen molar-refractivity contribution in [2.24, 2.45) is 0 Å². The van der Waals surface area contributed by atoms with Gasteiger partial charge in [-0.1, -0.05) is 0 Å². The van der Waals surface area contributed by atoms with E-state index in [0.717, 1.165) is 28.9 Å². The summed E-state index contributed by atoms with van der Waals surface area (Å²) in [7, 11) is 0. The van der Waals surface area contributed by atoms with Gasteiger partial charge in [0.15, 0.2) is 0 Å². The van der Waals surface area contributed by atoms with Crippen LogP contribution in [0.1, 0.15) is 11.7 Å². The zero-order valence-electron chi connectivity index (χ0n) is 8.57. The maximum Gasteiger partial charge on any atom is 0.123 e. The first-order valence-corrected chi connectivity index (χ1v) is 5.98. The van der Waals surface area contributed by atoms with Gasteiger partial charge >= 0.3 is 0 Å². The average Bonchev–Trinajstić information content (AvgIpc) is 2.73. The van der Waals surface area contributed by atoms with Crippen molar-refractivity contribution in [3.8, 4) is 0 Å². The highest BCUT2D eigenvalue weighted by molar-refractivity contribution is 7.13. The number of nitrogens with zero attached hydrogens (tertiary/aromatic N) is 1. The SMILES string of the molecule is Fc1ccc2snc(C3COCCN3)c2c1. The summed E-state index contributed by atoms with van der Waals surface area (Å²) in [6.45, 7) is 2.15. The fourth-order valence-corrected chi connectivity index (χ4v) is 2.73. The first kappa shape index (κ1) is 10.1. The van der Waals surface area contributed by atoms with Crippen LogP contribution in [0.2, 0.25) is 0 Å². The largest absolute Gasteiger partial charge is 0.378 e. The molecule has 3 rings (SSSR count). The highest BCUT2D eigenvalue weighted by Crippen LogP contribution is 2.28. The molecule has 2 aromatic rings. The highest BCUT2D eigenvalue weighted by Gasteiger charge is 2.20. The molecule has 0 radical (unpaired) electrons. The molecule has 5 heteroatoms. The number of rotatable bonds is 1. The molecule has 1 saturated heterocycles. The molecule has 1 atom stereocenters. The van der Waals surface area contributed by atoms with Crippen LogP contribution in [0.3, 0.4) is 0 Å². The van der Waals surface area contributed by atoms with Crippen molar-refractivity contribution in [2.75, 3.05) is 19.8 Å². The summed E-state index contributed by atoms with van der Waals surface area (Å²) in [6.07, 6.45) is 0. The Labute approximate surface area is 96.4 Å². The van der Waals surface area contributed by atoms with E-state index in [2.05, 4.69) is 9.69 Å². The standard InChI is InChI=1S/C11H11FN2OS/c12-7-1-2-10-8(5-7)11(14-16-10)9-6-15-4-3-13-9/h1-2,5,9,13H,3-4,6H2. The normalized spacial score (nSPS) is 21.4. The Morgan fingerprint density at radius 3 is 3.25 bits per heavy atom. The third-order valence-electron chi connectivity index (χ3n) is 2.71. The van der Waals surface area contributed by atoms with Gasteiger partial charge < -0.3 is 10.1 Å². The minimum atomic E-state index is -0.217. The molecule has 1 aromatic heterocycles. The van der Waals surface area contributed by atoms with Gasteiger partial charge in [-0.05, 0) is 29.7 Å². The fraction of sp³-hybridized carbons (Fsp3) is 0.364. The molecular formula is C11H11FN2OS. The van der Waals surface area contributed by atoms with Crippen LogP contribution in [0.15, 0.2) is 18.2 Å². The van der Waals surface area contributed by atoms with E-state index in [0.29, 0.717) is 6.61 Å². The predicted molar refractivity (Wildman–Crippen MR) is 61.1 cm³/mol. The number of fused-ring (bicyclic) bond motifs is 1. The zero-order chi connectivity index (χ0) is 11.0. The number of halogens is 1. The van der Waals surface area contributed by atoms with Crippen LogP contribution in [-0.2, 0) is 4.74 Å². The van der Waals surface area contributed by atoms with Crippen molar-refractivity contribution in [3.05, 3.63) is 29.7 Å². The Morgan fingerprint density at radius 1 is 1.50 bits per heavy atom. The molecule has 0 aliphatic carbocycles. The van der Waals surface area contributed by atoms with Gasteiger partial charge in [0.1, 0.15) is 5.82 Å². The van der Waals surface area contributed by atoms with Crippen molar-refractivity contribution in [1.82, 2.24) is 9.69 Å². The van der Waals surface area contributed by atoms with Crippen LogP contribution in [0, 0.1) is 5.82 Å². The van der Waals surface area contributed by atoms with Crippen molar-refractivity contribution < 1.29 is 9.13 Å². The summed E-state index contributed by atoms with van der Waals surface area (Å²) in [5.74, 6) is -0.217. The Kier molecular flexibility index (Phi) is 2.59. The molecule has 1 unspecified atom stereocenters. The van der Waals surface area contributed by atoms with E-state index in [9.17, 15) is 4.39 Å². The molecule has 3 nitrogen and oxygen atoms in total. The van der Waals surface area contributed by atoms with Crippen molar-refractivity contribution >= 4 is 21.6 Å². The van der Waals surface area contributed by atoms with Crippen molar-refractivity contribution in [1.29, 1.82) is 0 Å². The molecule has 1 aromatic carbocycles. The molecule has 0 saturated carbocycles. The lowest BCUT2D eigenvalue weighted by Gasteiger charge is -2.22. The Morgan fingerprint density at radius 2 is 2.44 bits per heavy atom. The molecule has 1 aliphatic heterocycles. The lowest BCUT2D eigenvalue weighted by atomic mass is 10.1. The lowest BCUT2D eigenvalue weighted by Crippen LogP contribution is -2.34. The third kappa shape index (κ3) is 1.71. The second kappa shape index (κ2) is 4.08. The van der Waals surface area contributed by atoms with Crippen LogP contribution in [0.25, 0.3) is 10.1 Å². The minimum Gasteiger partial charge on any atom is -0.378 e. The van der Waals surface area contributed by atoms with E-state index in [1.165, 1.54) is 17.6 Å². The maximum atomic E-state index is 13.2. The van der Waals surface area contributed by atoms with Gasteiger partial charge in [0.25, 0.3) is 0 Å².